The summed E-state index contributed by atoms with van der Waals surface area (Å²) in [6, 6.07) is 14.9. The molecule has 1 heterocycles. The van der Waals surface area contributed by atoms with Gasteiger partial charge in [0.05, 0.1) is 0 Å². The van der Waals surface area contributed by atoms with E-state index in [2.05, 4.69) is 20.9 Å². The lowest BCUT2D eigenvalue weighted by Gasteiger charge is -2.13. The molecule has 0 radical (unpaired) electrons. The molecule has 6 heteroatoms. The molecule has 2 aromatic carbocycles. The van der Waals surface area contributed by atoms with Crippen LogP contribution in [0.4, 0.5) is 22.7 Å². The van der Waals surface area contributed by atoms with Crippen molar-refractivity contribution >= 4 is 34.6 Å². The molecule has 0 fully saturated rings. The van der Waals surface area contributed by atoms with Gasteiger partial charge in [-0.1, -0.05) is 23.8 Å². The third-order valence-corrected chi connectivity index (χ3v) is 4.38. The minimum absolute atomic E-state index is 0.133. The average molecular weight is 388 g/mol. The van der Waals surface area contributed by atoms with E-state index < -0.39 is 0 Å². The Morgan fingerprint density at radius 3 is 2.17 bits per heavy atom. The minimum atomic E-state index is -0.268. The fraction of sp³-hybridized carbons (Fsp3) is 0.174. The molecule has 29 heavy (non-hydrogen) atoms. The van der Waals surface area contributed by atoms with Crippen LogP contribution in [0.15, 0.2) is 54.7 Å². The largest absolute Gasteiger partial charge is 0.355 e. The van der Waals surface area contributed by atoms with E-state index in [0.717, 1.165) is 33.8 Å². The van der Waals surface area contributed by atoms with Crippen LogP contribution < -0.4 is 16.0 Å². The van der Waals surface area contributed by atoms with Crippen LogP contribution in [0.5, 0.6) is 0 Å². The van der Waals surface area contributed by atoms with Crippen LogP contribution in [0.1, 0.15) is 34.1 Å². The summed E-state index contributed by atoms with van der Waals surface area (Å²) in [4.78, 5) is 28.2. The van der Waals surface area contributed by atoms with Gasteiger partial charge in [-0.25, -0.2) is 0 Å². The van der Waals surface area contributed by atoms with Crippen molar-refractivity contribution in [2.45, 2.75) is 27.7 Å². The molecule has 1 aromatic heterocycles. The second-order valence-electron chi connectivity index (χ2n) is 7.04. The van der Waals surface area contributed by atoms with Crippen LogP contribution in [0.3, 0.4) is 0 Å². The molecule has 148 valence electrons. The Bertz CT molecular complexity index is 1050. The zero-order valence-corrected chi connectivity index (χ0v) is 17.0. The number of carbonyl (C=O) groups is 2. The zero-order chi connectivity index (χ0) is 21.0. The van der Waals surface area contributed by atoms with Crippen molar-refractivity contribution in [3.8, 4) is 0 Å². The van der Waals surface area contributed by atoms with Crippen LogP contribution in [0.2, 0.25) is 0 Å². The SMILES string of the molecule is CC(=O)Nc1cccc(Nc2ccnc(C(=O)Nc3c(C)cc(C)cc3C)c2)c1. The number of nitrogens with one attached hydrogen (secondary N) is 3. The van der Waals surface area contributed by atoms with Crippen molar-refractivity contribution in [2.75, 3.05) is 16.0 Å². The van der Waals surface area contributed by atoms with Gasteiger partial charge in [-0.2, -0.15) is 0 Å². The number of carbonyl (C=O) groups excluding carboxylic acids is 2. The molecule has 0 spiro atoms. The normalized spacial score (nSPS) is 10.3. The van der Waals surface area contributed by atoms with Crippen molar-refractivity contribution < 1.29 is 9.59 Å². The monoisotopic (exact) mass is 388 g/mol. The van der Waals surface area contributed by atoms with Crippen LogP contribution in [0.25, 0.3) is 0 Å². The van der Waals surface area contributed by atoms with Crippen molar-refractivity contribution in [3.63, 3.8) is 0 Å². The number of amides is 2. The third-order valence-electron chi connectivity index (χ3n) is 4.38. The molecule has 3 rings (SSSR count). The summed E-state index contributed by atoms with van der Waals surface area (Å²) in [5.41, 5.74) is 6.51. The number of hydrogen-bond donors (Lipinski definition) is 3. The molecule has 0 aliphatic carbocycles. The fourth-order valence-corrected chi connectivity index (χ4v) is 3.23. The topological polar surface area (TPSA) is 83.1 Å². The van der Waals surface area contributed by atoms with Gasteiger partial charge in [0.2, 0.25) is 5.91 Å². The molecule has 0 bridgehead atoms. The first-order chi connectivity index (χ1) is 13.8. The molecule has 0 saturated carbocycles. The molecule has 6 nitrogen and oxygen atoms in total. The highest BCUT2D eigenvalue weighted by atomic mass is 16.2. The van der Waals surface area contributed by atoms with E-state index in [1.54, 1.807) is 18.3 Å². The highest BCUT2D eigenvalue weighted by Crippen LogP contribution is 2.24. The summed E-state index contributed by atoms with van der Waals surface area (Å²) in [6.07, 6.45) is 1.59. The summed E-state index contributed by atoms with van der Waals surface area (Å²) in [5.74, 6) is -0.401. The number of pyridine rings is 1. The van der Waals surface area contributed by atoms with Crippen molar-refractivity contribution in [1.82, 2.24) is 4.98 Å². The Balaban J connectivity index is 1.78. The second kappa shape index (κ2) is 8.56. The van der Waals surface area contributed by atoms with Gasteiger partial charge < -0.3 is 16.0 Å². The first-order valence-electron chi connectivity index (χ1n) is 9.32. The van der Waals surface area contributed by atoms with Gasteiger partial charge in [-0.05, 0) is 62.2 Å². The van der Waals surface area contributed by atoms with Crippen LogP contribution in [0, 0.1) is 20.8 Å². The van der Waals surface area contributed by atoms with E-state index in [4.69, 9.17) is 0 Å². The maximum absolute atomic E-state index is 12.7. The van der Waals surface area contributed by atoms with Crippen LogP contribution in [-0.4, -0.2) is 16.8 Å². The summed E-state index contributed by atoms with van der Waals surface area (Å²) in [5, 5.41) is 8.95. The van der Waals surface area contributed by atoms with Gasteiger partial charge in [0, 0.05) is 35.9 Å². The van der Waals surface area contributed by atoms with Gasteiger partial charge in [-0.15, -0.1) is 0 Å². The van der Waals surface area contributed by atoms with E-state index in [1.807, 2.05) is 57.2 Å². The van der Waals surface area contributed by atoms with Crippen molar-refractivity contribution in [2.24, 2.45) is 0 Å². The summed E-state index contributed by atoms with van der Waals surface area (Å²) in [6.45, 7) is 7.45. The quantitative estimate of drug-likeness (QED) is 0.577. The van der Waals surface area contributed by atoms with E-state index in [1.165, 1.54) is 6.92 Å². The Morgan fingerprint density at radius 2 is 1.48 bits per heavy atom. The van der Waals surface area contributed by atoms with Gasteiger partial charge in [0.1, 0.15) is 5.69 Å². The number of rotatable bonds is 5. The standard InChI is InChI=1S/C23H24N4O2/c1-14-10-15(2)22(16(3)11-14)27-23(29)21-13-20(8-9-24-21)26-19-7-5-6-18(12-19)25-17(4)28/h5-13H,1-4H3,(H,24,26)(H,25,28)(H,27,29). The maximum atomic E-state index is 12.7. The Hall–Kier alpha value is -3.67. The third kappa shape index (κ3) is 5.19. The van der Waals surface area contributed by atoms with Crippen molar-refractivity contribution in [1.29, 1.82) is 0 Å². The maximum Gasteiger partial charge on any atom is 0.274 e. The highest BCUT2D eigenvalue weighted by molar-refractivity contribution is 6.04. The lowest BCUT2D eigenvalue weighted by Crippen LogP contribution is -2.15. The molecular formula is C23H24N4O2. The summed E-state index contributed by atoms with van der Waals surface area (Å²) in [7, 11) is 0. The van der Waals surface area contributed by atoms with Crippen LogP contribution in [-0.2, 0) is 4.79 Å². The van der Waals surface area contributed by atoms with E-state index in [9.17, 15) is 9.59 Å². The average Bonchev–Trinajstić information content (AvgIpc) is 2.64. The van der Waals surface area contributed by atoms with E-state index in [0.29, 0.717) is 11.4 Å². The number of benzene rings is 2. The molecular weight excluding hydrogens is 364 g/mol. The van der Waals surface area contributed by atoms with E-state index >= 15 is 0 Å². The number of aryl methyl sites for hydroxylation is 3. The second-order valence-corrected chi connectivity index (χ2v) is 7.04. The molecule has 0 aliphatic rings. The Morgan fingerprint density at radius 1 is 0.828 bits per heavy atom. The van der Waals surface area contributed by atoms with Gasteiger partial charge in [0.25, 0.3) is 5.91 Å². The van der Waals surface area contributed by atoms with Crippen LogP contribution >= 0.6 is 0 Å². The molecule has 0 atom stereocenters. The number of hydrogen-bond acceptors (Lipinski definition) is 4. The summed E-state index contributed by atoms with van der Waals surface area (Å²) < 4.78 is 0. The summed E-state index contributed by atoms with van der Waals surface area (Å²) >= 11 is 0. The Kier molecular flexibility index (Phi) is 5.93. The molecule has 3 aromatic rings. The predicted molar refractivity (Wildman–Crippen MR) is 117 cm³/mol. The zero-order valence-electron chi connectivity index (χ0n) is 17.0. The molecule has 3 N–H and O–H groups in total. The van der Waals surface area contributed by atoms with Gasteiger partial charge in [0.15, 0.2) is 0 Å². The first kappa shape index (κ1) is 20.1. The molecule has 0 aliphatic heterocycles. The minimum Gasteiger partial charge on any atom is -0.355 e. The first-order valence-corrected chi connectivity index (χ1v) is 9.32. The molecule has 2 amide bonds. The lowest BCUT2D eigenvalue weighted by molar-refractivity contribution is -0.114. The predicted octanol–water partition coefficient (Wildman–Crippen LogP) is 4.96. The lowest BCUT2D eigenvalue weighted by atomic mass is 10.0. The smallest absolute Gasteiger partial charge is 0.274 e. The fourth-order valence-electron chi connectivity index (χ4n) is 3.23. The molecule has 0 unspecified atom stereocenters. The van der Waals surface area contributed by atoms with E-state index in [-0.39, 0.29) is 11.8 Å². The Labute approximate surface area is 170 Å². The highest BCUT2D eigenvalue weighted by Gasteiger charge is 2.12. The number of nitrogens with zero attached hydrogens (tertiary/aromatic N) is 1. The number of anilines is 4. The van der Waals surface area contributed by atoms with Gasteiger partial charge >= 0.3 is 0 Å². The van der Waals surface area contributed by atoms with Crippen molar-refractivity contribution in [3.05, 3.63) is 77.1 Å². The van der Waals surface area contributed by atoms with Gasteiger partial charge in [-0.3, -0.25) is 14.6 Å². The number of aromatic nitrogens is 1. The molecule has 0 saturated heterocycles.